The van der Waals surface area contributed by atoms with Crippen molar-refractivity contribution in [2.75, 3.05) is 7.05 Å². The maximum atomic E-state index is 12.3. The Hall–Kier alpha value is -1.88. The first-order chi connectivity index (χ1) is 8.99. The molecule has 0 aliphatic rings. The Balaban J connectivity index is 2.16. The van der Waals surface area contributed by atoms with Gasteiger partial charge in [-0.25, -0.2) is 4.98 Å². The summed E-state index contributed by atoms with van der Waals surface area (Å²) in [6.07, 6.45) is 0. The van der Waals surface area contributed by atoms with Crippen molar-refractivity contribution in [3.63, 3.8) is 0 Å². The molecule has 1 N–H and O–H groups in total. The number of nitrogens with zero attached hydrogens (tertiary/aromatic N) is 2. The van der Waals surface area contributed by atoms with Crippen LogP contribution in [0.4, 0.5) is 0 Å². The van der Waals surface area contributed by atoms with Gasteiger partial charge in [0.05, 0.1) is 11.0 Å². The summed E-state index contributed by atoms with van der Waals surface area (Å²) in [5.41, 5.74) is 1.45. The van der Waals surface area contributed by atoms with Crippen LogP contribution in [0.2, 0.25) is 0 Å². The van der Waals surface area contributed by atoms with E-state index in [1.165, 1.54) is 11.3 Å². The molecule has 2 aromatic rings. The minimum atomic E-state index is -0.0927. The first-order valence-corrected chi connectivity index (χ1v) is 6.85. The van der Waals surface area contributed by atoms with Gasteiger partial charge in [0, 0.05) is 12.4 Å². The highest BCUT2D eigenvalue weighted by Gasteiger charge is 2.20. The molecule has 0 saturated carbocycles. The highest BCUT2D eigenvalue weighted by Crippen LogP contribution is 2.23. The van der Waals surface area contributed by atoms with Crippen LogP contribution < -0.4 is 0 Å². The monoisotopic (exact) mass is 276 g/mol. The zero-order valence-electron chi connectivity index (χ0n) is 11.1. The van der Waals surface area contributed by atoms with Gasteiger partial charge in [0.2, 0.25) is 0 Å². The Morgan fingerprint density at radius 2 is 2.00 bits per heavy atom. The minimum Gasteiger partial charge on any atom is -0.508 e. The molecule has 1 aromatic heterocycles. The standard InChI is InChI=1S/C14H16N2O2S/c1-9(11-4-6-12(17)7-5-11)16(3)14(18)13-8-19-10(2)15-13/h4-9,17H,1-3H3. The molecule has 4 nitrogen and oxygen atoms in total. The number of phenols is 1. The maximum Gasteiger partial charge on any atom is 0.273 e. The van der Waals surface area contributed by atoms with Crippen molar-refractivity contribution in [3.8, 4) is 5.75 Å². The molecule has 1 atom stereocenters. The number of amides is 1. The second-order valence-corrected chi connectivity index (χ2v) is 5.50. The lowest BCUT2D eigenvalue weighted by Crippen LogP contribution is -2.29. The average molecular weight is 276 g/mol. The summed E-state index contributed by atoms with van der Waals surface area (Å²) in [5, 5.41) is 11.9. The molecule has 0 spiro atoms. The van der Waals surface area contributed by atoms with Crippen molar-refractivity contribution in [1.82, 2.24) is 9.88 Å². The zero-order chi connectivity index (χ0) is 14.0. The van der Waals surface area contributed by atoms with Gasteiger partial charge in [-0.1, -0.05) is 12.1 Å². The minimum absolute atomic E-state index is 0.0740. The molecule has 0 aliphatic heterocycles. The summed E-state index contributed by atoms with van der Waals surface area (Å²) in [5.74, 6) is 0.130. The molecule has 1 amide bonds. The lowest BCUT2D eigenvalue weighted by molar-refractivity contribution is 0.0737. The second kappa shape index (κ2) is 5.40. The molecule has 5 heteroatoms. The summed E-state index contributed by atoms with van der Waals surface area (Å²) in [6, 6.07) is 6.80. The van der Waals surface area contributed by atoms with Crippen LogP contribution >= 0.6 is 11.3 Å². The number of rotatable bonds is 3. The van der Waals surface area contributed by atoms with Crippen LogP contribution in [0.15, 0.2) is 29.6 Å². The Kier molecular flexibility index (Phi) is 3.85. The van der Waals surface area contributed by atoms with Gasteiger partial charge in [-0.3, -0.25) is 4.79 Å². The second-order valence-electron chi connectivity index (χ2n) is 4.44. The SMILES string of the molecule is Cc1nc(C(=O)N(C)C(C)c2ccc(O)cc2)cs1. The van der Waals surface area contributed by atoms with E-state index in [0.717, 1.165) is 10.6 Å². The molecule has 1 heterocycles. The van der Waals surface area contributed by atoms with Gasteiger partial charge in [-0.15, -0.1) is 11.3 Å². The molecular weight excluding hydrogens is 260 g/mol. The number of hydrogen-bond donors (Lipinski definition) is 1. The Morgan fingerprint density at radius 3 is 2.53 bits per heavy atom. The quantitative estimate of drug-likeness (QED) is 0.937. The fraction of sp³-hybridized carbons (Fsp3) is 0.286. The molecule has 2 rings (SSSR count). The van der Waals surface area contributed by atoms with Crippen molar-refractivity contribution < 1.29 is 9.90 Å². The van der Waals surface area contributed by atoms with E-state index in [4.69, 9.17) is 0 Å². The topological polar surface area (TPSA) is 53.4 Å². The van der Waals surface area contributed by atoms with Gasteiger partial charge >= 0.3 is 0 Å². The molecule has 0 saturated heterocycles. The van der Waals surface area contributed by atoms with Crippen LogP contribution in [0.25, 0.3) is 0 Å². The van der Waals surface area contributed by atoms with Crippen LogP contribution in [0.5, 0.6) is 5.75 Å². The van der Waals surface area contributed by atoms with Crippen molar-refractivity contribution in [3.05, 3.63) is 45.9 Å². The van der Waals surface area contributed by atoms with Crippen molar-refractivity contribution in [2.24, 2.45) is 0 Å². The highest BCUT2D eigenvalue weighted by molar-refractivity contribution is 7.09. The molecule has 19 heavy (non-hydrogen) atoms. The van der Waals surface area contributed by atoms with Crippen molar-refractivity contribution >= 4 is 17.2 Å². The van der Waals surface area contributed by atoms with E-state index in [0.29, 0.717) is 5.69 Å². The number of carbonyl (C=O) groups is 1. The fourth-order valence-corrected chi connectivity index (χ4v) is 2.38. The first-order valence-electron chi connectivity index (χ1n) is 5.97. The predicted octanol–water partition coefficient (Wildman–Crippen LogP) is 2.99. The Labute approximate surface area is 116 Å². The molecule has 1 aromatic carbocycles. The molecule has 0 aliphatic carbocycles. The third-order valence-corrected chi connectivity index (χ3v) is 3.89. The number of hydrogen-bond acceptors (Lipinski definition) is 4. The maximum absolute atomic E-state index is 12.3. The molecule has 100 valence electrons. The van der Waals surface area contributed by atoms with Crippen LogP contribution in [0, 0.1) is 6.92 Å². The summed E-state index contributed by atoms with van der Waals surface area (Å²) in [4.78, 5) is 18.1. The average Bonchev–Trinajstić information content (AvgIpc) is 2.84. The lowest BCUT2D eigenvalue weighted by Gasteiger charge is -2.24. The fourth-order valence-electron chi connectivity index (χ4n) is 1.79. The molecule has 0 bridgehead atoms. The van der Waals surface area contributed by atoms with E-state index in [2.05, 4.69) is 4.98 Å². The first kappa shape index (κ1) is 13.5. The number of aromatic hydroxyl groups is 1. The van der Waals surface area contributed by atoms with Gasteiger partial charge < -0.3 is 10.0 Å². The summed E-state index contributed by atoms with van der Waals surface area (Å²) in [7, 11) is 1.76. The van der Waals surface area contributed by atoms with Crippen LogP contribution in [0.1, 0.15) is 34.0 Å². The van der Waals surface area contributed by atoms with E-state index >= 15 is 0 Å². The van der Waals surface area contributed by atoms with E-state index in [1.807, 2.05) is 26.0 Å². The van der Waals surface area contributed by atoms with Gasteiger partial charge in [0.1, 0.15) is 11.4 Å². The normalized spacial score (nSPS) is 12.2. The van der Waals surface area contributed by atoms with Crippen molar-refractivity contribution in [2.45, 2.75) is 19.9 Å². The van der Waals surface area contributed by atoms with Gasteiger partial charge in [-0.05, 0) is 31.5 Å². The third-order valence-electron chi connectivity index (χ3n) is 3.11. The lowest BCUT2D eigenvalue weighted by atomic mass is 10.1. The van der Waals surface area contributed by atoms with E-state index in [1.54, 1.807) is 29.5 Å². The summed E-state index contributed by atoms with van der Waals surface area (Å²) in [6.45, 7) is 3.83. The number of aromatic nitrogens is 1. The van der Waals surface area contributed by atoms with Crippen LogP contribution in [0.3, 0.4) is 0 Å². The van der Waals surface area contributed by atoms with E-state index < -0.39 is 0 Å². The molecule has 1 unspecified atom stereocenters. The van der Waals surface area contributed by atoms with Gasteiger partial charge in [-0.2, -0.15) is 0 Å². The van der Waals surface area contributed by atoms with Crippen molar-refractivity contribution in [1.29, 1.82) is 0 Å². The van der Waals surface area contributed by atoms with E-state index in [9.17, 15) is 9.90 Å². The van der Waals surface area contributed by atoms with Gasteiger partial charge in [0.25, 0.3) is 5.91 Å². The molecule has 0 radical (unpaired) electrons. The summed E-state index contributed by atoms with van der Waals surface area (Å²) >= 11 is 1.47. The zero-order valence-corrected chi connectivity index (χ0v) is 11.9. The molecule has 0 fully saturated rings. The Morgan fingerprint density at radius 1 is 1.37 bits per heavy atom. The number of phenolic OH excluding ortho intramolecular Hbond substituents is 1. The predicted molar refractivity (Wildman–Crippen MR) is 75.5 cm³/mol. The van der Waals surface area contributed by atoms with Crippen LogP contribution in [-0.4, -0.2) is 27.9 Å². The Bertz CT molecular complexity index is 577. The van der Waals surface area contributed by atoms with E-state index in [-0.39, 0.29) is 17.7 Å². The number of aryl methyl sites for hydroxylation is 1. The highest BCUT2D eigenvalue weighted by atomic mass is 32.1. The summed E-state index contributed by atoms with van der Waals surface area (Å²) < 4.78 is 0. The smallest absolute Gasteiger partial charge is 0.273 e. The number of carbonyl (C=O) groups excluding carboxylic acids is 1. The number of thiazole rings is 1. The third kappa shape index (κ3) is 2.93. The molecular formula is C14H16N2O2S. The largest absolute Gasteiger partial charge is 0.508 e. The van der Waals surface area contributed by atoms with Gasteiger partial charge in [0.15, 0.2) is 0 Å². The van der Waals surface area contributed by atoms with Crippen LogP contribution in [-0.2, 0) is 0 Å². The number of benzene rings is 1.